The highest BCUT2D eigenvalue weighted by Crippen LogP contribution is 2.41. The maximum absolute atomic E-state index is 13.4. The number of hydrogen-bond acceptors (Lipinski definition) is 7. The second kappa shape index (κ2) is 16.1. The number of halogens is 6. The van der Waals surface area contributed by atoms with Gasteiger partial charge in [0.05, 0.1) is 22.5 Å². The van der Waals surface area contributed by atoms with E-state index in [0.717, 1.165) is 50.7 Å². The summed E-state index contributed by atoms with van der Waals surface area (Å²) in [5, 5.41) is 19.8. The predicted octanol–water partition coefficient (Wildman–Crippen LogP) is 7.49. The smallest absolute Gasteiger partial charge is 0.398 e. The van der Waals surface area contributed by atoms with Crippen molar-refractivity contribution in [3.8, 4) is 5.81 Å². The van der Waals surface area contributed by atoms with Crippen molar-refractivity contribution >= 4 is 37.2 Å². The van der Waals surface area contributed by atoms with Crippen molar-refractivity contribution in [2.24, 2.45) is 0 Å². The van der Waals surface area contributed by atoms with Gasteiger partial charge >= 0.3 is 12.4 Å². The van der Waals surface area contributed by atoms with Crippen molar-refractivity contribution in [1.82, 2.24) is 9.88 Å². The van der Waals surface area contributed by atoms with Crippen molar-refractivity contribution in [2.45, 2.75) is 39.7 Å². The molecule has 1 aliphatic heterocycles. The number of nitrogens with zero attached hydrogens (tertiary/aromatic N) is 4. The van der Waals surface area contributed by atoms with Crippen molar-refractivity contribution in [3.63, 3.8) is 0 Å². The van der Waals surface area contributed by atoms with Crippen LogP contribution in [0.5, 0.6) is 0 Å². The van der Waals surface area contributed by atoms with Crippen LogP contribution in [-0.4, -0.2) is 47.9 Å². The molecule has 0 amide bonds. The molecule has 4 aromatic rings. The average Bonchev–Trinajstić information content (AvgIpc) is 3.01. The first-order chi connectivity index (χ1) is 22.1. The fraction of sp³-hybridized carbons (Fsp3) is 0.333. The van der Waals surface area contributed by atoms with Gasteiger partial charge in [0, 0.05) is 60.9 Å². The van der Waals surface area contributed by atoms with Crippen molar-refractivity contribution < 1.29 is 31.4 Å². The summed E-state index contributed by atoms with van der Waals surface area (Å²) in [5.74, 6) is 1.67. The zero-order chi connectivity index (χ0) is 34.9. The number of hydrogen-bond donors (Lipinski definition) is 3. The van der Waals surface area contributed by atoms with Gasteiger partial charge in [-0.3, -0.25) is 9.88 Å². The summed E-state index contributed by atoms with van der Waals surface area (Å²) in [6.45, 7) is 8.22. The molecule has 0 bridgehead atoms. The van der Waals surface area contributed by atoms with E-state index in [1.54, 1.807) is 5.81 Å². The Bertz CT molecular complexity index is 1700. The van der Waals surface area contributed by atoms with E-state index in [2.05, 4.69) is 15.2 Å². The quantitative estimate of drug-likeness (QED) is 0.114. The fourth-order valence-corrected chi connectivity index (χ4v) is 5.10. The molecule has 47 heavy (non-hydrogen) atoms. The molecular weight excluding hydrogens is 641 g/mol. The molecule has 1 aromatic heterocycles. The van der Waals surface area contributed by atoms with Crippen LogP contribution in [0.3, 0.4) is 0 Å². The number of anilines is 3. The maximum Gasteiger partial charge on any atom is 0.418 e. The number of rotatable bonds is 5. The molecule has 2 heterocycles. The Balaban J connectivity index is 0.000000266. The lowest BCUT2D eigenvalue weighted by Crippen LogP contribution is -2.46. The highest BCUT2D eigenvalue weighted by atomic mass is 31.0. The van der Waals surface area contributed by atoms with E-state index in [1.165, 1.54) is 4.90 Å². The Morgan fingerprint density at radius 3 is 2.15 bits per heavy atom. The van der Waals surface area contributed by atoms with Gasteiger partial charge in [0.2, 0.25) is 0 Å². The third-order valence-electron chi connectivity index (χ3n) is 7.80. The first-order valence-electron chi connectivity index (χ1n) is 14.5. The highest BCUT2D eigenvalue weighted by molar-refractivity contribution is 7.23. The second-order valence-corrected chi connectivity index (χ2v) is 11.1. The van der Waals surface area contributed by atoms with Gasteiger partial charge in [-0.1, -0.05) is 24.3 Å². The molecule has 1 atom stereocenters. The first kappa shape index (κ1) is 37.3. The number of pyridine rings is 1. The molecule has 7 nitrogen and oxygen atoms in total. The van der Waals surface area contributed by atoms with Crippen molar-refractivity contribution in [2.75, 3.05) is 48.9 Å². The number of benzene rings is 3. The minimum atomic E-state index is -4.85. The molecule has 4 N–H and O–H groups in total. The molecule has 0 saturated carbocycles. The van der Waals surface area contributed by atoms with E-state index in [-0.39, 0.29) is 18.5 Å². The zero-order valence-corrected chi connectivity index (χ0v) is 27.3. The van der Waals surface area contributed by atoms with Gasteiger partial charge in [-0.2, -0.15) is 31.6 Å². The minimum absolute atomic E-state index is 0.0936. The Morgan fingerprint density at radius 2 is 1.57 bits per heavy atom. The summed E-state index contributed by atoms with van der Waals surface area (Å²) in [4.78, 5) is 8.11. The topological polar surface area (TPSA) is 101 Å². The normalized spacial score (nSPS) is 13.6. The van der Waals surface area contributed by atoms with Gasteiger partial charge in [0.1, 0.15) is 6.73 Å². The largest absolute Gasteiger partial charge is 0.418 e. The Morgan fingerprint density at radius 1 is 0.936 bits per heavy atom. The Kier molecular flexibility index (Phi) is 12.8. The number of nitrogens with one attached hydrogen (secondary N) is 1. The van der Waals surface area contributed by atoms with Crippen LogP contribution >= 0.6 is 9.24 Å². The fourth-order valence-electron chi connectivity index (χ4n) is 5.10. The number of fused-ring (bicyclic) bond motifs is 1. The van der Waals surface area contributed by atoms with E-state index in [1.807, 2.05) is 72.5 Å². The van der Waals surface area contributed by atoms with Gasteiger partial charge in [-0.25, -0.2) is 0 Å². The molecular formula is C33H37F6N6OP. The summed E-state index contributed by atoms with van der Waals surface area (Å²) < 4.78 is 78.6. The van der Waals surface area contributed by atoms with Gasteiger partial charge in [0.15, 0.2) is 0 Å². The Labute approximate surface area is 272 Å². The minimum Gasteiger partial charge on any atom is -0.398 e. The van der Waals surface area contributed by atoms with Crippen LogP contribution in [0.25, 0.3) is 10.9 Å². The molecule has 0 radical (unpaired) electrons. The summed E-state index contributed by atoms with van der Waals surface area (Å²) in [7, 11) is 1.88. The third-order valence-corrected chi connectivity index (χ3v) is 7.80. The lowest BCUT2D eigenvalue weighted by Gasteiger charge is -2.37. The molecule has 1 fully saturated rings. The van der Waals surface area contributed by atoms with Crippen LogP contribution in [0, 0.1) is 31.8 Å². The number of nitrogen functional groups attached to an aromatic ring is 1. The Hall–Kier alpha value is -4.11. The van der Waals surface area contributed by atoms with E-state index in [4.69, 9.17) is 16.1 Å². The molecule has 5 rings (SSSR count). The molecule has 0 spiro atoms. The average molecular weight is 679 g/mol. The van der Waals surface area contributed by atoms with Crippen molar-refractivity contribution in [3.05, 3.63) is 94.2 Å². The predicted molar refractivity (Wildman–Crippen MR) is 177 cm³/mol. The van der Waals surface area contributed by atoms with Gasteiger partial charge < -0.3 is 21.1 Å². The van der Waals surface area contributed by atoms with E-state index < -0.39 is 23.5 Å². The van der Waals surface area contributed by atoms with E-state index in [9.17, 15) is 26.3 Å². The van der Waals surface area contributed by atoms with Gasteiger partial charge in [0.25, 0.3) is 0 Å². The van der Waals surface area contributed by atoms with Crippen LogP contribution in [-0.2, 0) is 18.9 Å². The van der Waals surface area contributed by atoms with Crippen LogP contribution < -0.4 is 16.0 Å². The first-order valence-corrected chi connectivity index (χ1v) is 15.1. The molecule has 0 aliphatic carbocycles. The monoisotopic (exact) mass is 678 g/mol. The number of aliphatic hydroxyl groups excluding tert-OH is 1. The molecule has 1 saturated heterocycles. The molecule has 3 aromatic carbocycles. The molecule has 1 aliphatic rings. The number of aromatic nitrogens is 1. The lowest BCUT2D eigenvalue weighted by molar-refractivity contribution is -0.142. The summed E-state index contributed by atoms with van der Waals surface area (Å²) >= 11 is 0. The van der Waals surface area contributed by atoms with E-state index in [0.29, 0.717) is 38.8 Å². The SMILES string of the molecule is Cc1ccccc1CN1CCN(c2ccc(C(F)(F)F)cc2C(F)(F)F)CC1.Cc1nc2ccc(NCO)cc2c(N)c1C.N#CP. The number of nitriles is 1. The van der Waals surface area contributed by atoms with Crippen LogP contribution in [0.15, 0.2) is 60.7 Å². The second-order valence-electron chi connectivity index (χ2n) is 10.8. The number of alkyl halides is 6. The summed E-state index contributed by atoms with van der Waals surface area (Å²) in [6.07, 6.45) is -9.67. The summed E-state index contributed by atoms with van der Waals surface area (Å²) in [6, 6.07) is 15.4. The van der Waals surface area contributed by atoms with Gasteiger partial charge in [-0.15, -0.1) is 0 Å². The maximum atomic E-state index is 13.4. The third kappa shape index (κ3) is 9.94. The lowest BCUT2D eigenvalue weighted by atomic mass is 10.1. The number of nitrogens with two attached hydrogens (primary N) is 1. The van der Waals surface area contributed by atoms with E-state index >= 15 is 0 Å². The van der Waals surface area contributed by atoms with Crippen molar-refractivity contribution in [1.29, 1.82) is 5.26 Å². The van der Waals surface area contributed by atoms with Crippen LogP contribution in [0.1, 0.15) is 33.5 Å². The molecule has 252 valence electrons. The number of aliphatic hydroxyl groups is 1. The molecule has 1 unspecified atom stereocenters. The number of aryl methyl sites for hydroxylation is 2. The summed E-state index contributed by atoms with van der Waals surface area (Å²) in [5.41, 5.74) is 10.1. The highest BCUT2D eigenvalue weighted by Gasteiger charge is 2.39. The van der Waals surface area contributed by atoms with Crippen LogP contribution in [0.4, 0.5) is 43.4 Å². The zero-order valence-electron chi connectivity index (χ0n) is 26.2. The molecule has 14 heteroatoms. The standard InChI is InChI=1S/C20H20F6N2.C12H15N3O.CH2NP/c1-14-4-2-3-5-15(14)13-27-8-10-28(11-9-27)18-7-6-16(19(21,22)23)12-17(18)20(24,25)26;1-7-8(2)15-11-4-3-9(14-6-16)5-10(11)12(7)13;2-1-3/h2-7,12H,8-11,13H2,1H3;3-5,14,16H,6H2,1-2H3,(H2,13,15);3H2. The number of piperazine rings is 1. The van der Waals surface area contributed by atoms with Crippen LogP contribution in [0.2, 0.25) is 0 Å². The van der Waals surface area contributed by atoms with Gasteiger partial charge in [-0.05, 0) is 83.1 Å².